The number of carbonyl (C=O) groups excluding carboxylic acids is 1. The number of nitrogens with zero attached hydrogens (tertiary/aromatic N) is 2. The maximum absolute atomic E-state index is 12.9. The smallest absolute Gasteiger partial charge is 0.226 e. The quantitative estimate of drug-likeness (QED) is 0.717. The number of rotatable bonds is 7. The lowest BCUT2D eigenvalue weighted by Crippen LogP contribution is -2.42. The van der Waals surface area contributed by atoms with Crippen molar-refractivity contribution in [2.45, 2.75) is 58.8 Å². The Labute approximate surface area is 165 Å². The van der Waals surface area contributed by atoms with Crippen molar-refractivity contribution < 1.29 is 4.79 Å². The van der Waals surface area contributed by atoms with Crippen LogP contribution in [-0.2, 0) is 11.2 Å². The molecular formula is C24H36N2O. The van der Waals surface area contributed by atoms with Gasteiger partial charge in [0.25, 0.3) is 0 Å². The molecule has 1 aromatic rings. The van der Waals surface area contributed by atoms with Crippen LogP contribution in [0.15, 0.2) is 24.3 Å². The van der Waals surface area contributed by atoms with Crippen molar-refractivity contribution in [1.29, 1.82) is 0 Å². The minimum absolute atomic E-state index is 0.375. The van der Waals surface area contributed by atoms with E-state index in [0.29, 0.717) is 23.2 Å². The van der Waals surface area contributed by atoms with E-state index in [0.717, 1.165) is 19.5 Å². The van der Waals surface area contributed by atoms with E-state index in [1.165, 1.54) is 69.3 Å². The fourth-order valence-electron chi connectivity index (χ4n) is 5.35. The Balaban J connectivity index is 1.20. The van der Waals surface area contributed by atoms with Gasteiger partial charge >= 0.3 is 0 Å². The second-order valence-corrected chi connectivity index (χ2v) is 9.31. The first-order chi connectivity index (χ1) is 13.1. The molecule has 2 aliphatic carbocycles. The van der Waals surface area contributed by atoms with E-state index in [9.17, 15) is 4.79 Å². The van der Waals surface area contributed by atoms with Crippen LogP contribution in [0.5, 0.6) is 0 Å². The zero-order chi connectivity index (χ0) is 18.9. The molecule has 3 heteroatoms. The summed E-state index contributed by atoms with van der Waals surface area (Å²) in [6, 6.07) is 8.75. The molecule has 1 heterocycles. The Kier molecular flexibility index (Phi) is 5.59. The molecule has 0 N–H and O–H groups in total. The Morgan fingerprint density at radius 3 is 2.56 bits per heavy atom. The number of hydrogen-bond acceptors (Lipinski definition) is 2. The molecule has 1 spiro atoms. The lowest BCUT2D eigenvalue weighted by atomic mass is 9.79. The van der Waals surface area contributed by atoms with Gasteiger partial charge in [0.05, 0.1) is 0 Å². The van der Waals surface area contributed by atoms with Crippen LogP contribution in [0.2, 0.25) is 0 Å². The van der Waals surface area contributed by atoms with Gasteiger partial charge < -0.3 is 9.80 Å². The van der Waals surface area contributed by atoms with E-state index >= 15 is 0 Å². The molecule has 4 rings (SSSR count). The van der Waals surface area contributed by atoms with Crippen LogP contribution in [0, 0.1) is 24.2 Å². The summed E-state index contributed by atoms with van der Waals surface area (Å²) in [7, 11) is 0. The molecule has 0 aromatic heterocycles. The number of likely N-dealkylation sites (tertiary alicyclic amines) is 1. The van der Waals surface area contributed by atoms with E-state index in [1.807, 2.05) is 0 Å². The van der Waals surface area contributed by atoms with Gasteiger partial charge in [0, 0.05) is 25.6 Å². The van der Waals surface area contributed by atoms with Crippen molar-refractivity contribution in [3.05, 3.63) is 35.4 Å². The van der Waals surface area contributed by atoms with Crippen molar-refractivity contribution in [3.63, 3.8) is 0 Å². The zero-order valence-corrected chi connectivity index (χ0v) is 17.3. The molecule has 1 saturated heterocycles. The zero-order valence-electron chi connectivity index (χ0n) is 17.3. The van der Waals surface area contributed by atoms with Gasteiger partial charge in [-0.25, -0.2) is 0 Å². The van der Waals surface area contributed by atoms with Gasteiger partial charge in [-0.15, -0.1) is 0 Å². The van der Waals surface area contributed by atoms with Crippen LogP contribution in [0.4, 0.5) is 0 Å². The molecule has 1 amide bonds. The van der Waals surface area contributed by atoms with Gasteiger partial charge in [0.2, 0.25) is 5.91 Å². The summed E-state index contributed by atoms with van der Waals surface area (Å²) >= 11 is 0. The molecule has 1 aromatic carbocycles. The molecule has 3 nitrogen and oxygen atoms in total. The first-order valence-electron chi connectivity index (χ1n) is 11.2. The maximum atomic E-state index is 12.9. The third kappa shape index (κ3) is 4.08. The summed E-state index contributed by atoms with van der Waals surface area (Å²) in [6.07, 6.45) is 8.78. The molecule has 1 unspecified atom stereocenters. The minimum atomic E-state index is 0.375. The van der Waals surface area contributed by atoms with E-state index in [2.05, 4.69) is 47.9 Å². The Bertz CT molecular complexity index is 658. The van der Waals surface area contributed by atoms with Crippen molar-refractivity contribution in [2.75, 3.05) is 32.7 Å². The van der Waals surface area contributed by atoms with E-state index < -0.39 is 0 Å². The second-order valence-electron chi connectivity index (χ2n) is 9.31. The summed E-state index contributed by atoms with van der Waals surface area (Å²) < 4.78 is 0. The Hall–Kier alpha value is -1.35. The normalized spacial score (nSPS) is 24.6. The molecule has 0 radical (unpaired) electrons. The summed E-state index contributed by atoms with van der Waals surface area (Å²) in [4.78, 5) is 17.7. The van der Waals surface area contributed by atoms with E-state index in [1.54, 1.807) is 0 Å². The van der Waals surface area contributed by atoms with Gasteiger partial charge in [-0.3, -0.25) is 4.79 Å². The lowest BCUT2D eigenvalue weighted by Gasteiger charge is -2.35. The second kappa shape index (κ2) is 7.95. The molecule has 3 fully saturated rings. The van der Waals surface area contributed by atoms with Gasteiger partial charge in [0.15, 0.2) is 0 Å². The molecule has 1 aliphatic heterocycles. The number of carbonyl (C=O) groups is 1. The largest absolute Gasteiger partial charge is 0.342 e. The fraction of sp³-hybridized carbons (Fsp3) is 0.708. The maximum Gasteiger partial charge on any atom is 0.226 e. The number of amides is 1. The summed E-state index contributed by atoms with van der Waals surface area (Å²) in [5, 5.41) is 0. The molecule has 3 aliphatic rings. The predicted molar refractivity (Wildman–Crippen MR) is 111 cm³/mol. The molecule has 1 atom stereocenters. The first kappa shape index (κ1) is 19.0. The van der Waals surface area contributed by atoms with Crippen molar-refractivity contribution in [1.82, 2.24) is 9.80 Å². The highest BCUT2D eigenvalue weighted by atomic mass is 16.2. The summed E-state index contributed by atoms with van der Waals surface area (Å²) in [5.74, 6) is 1.54. The molecule has 27 heavy (non-hydrogen) atoms. The number of aryl methyl sites for hydroxylation is 1. The molecule has 148 valence electrons. The van der Waals surface area contributed by atoms with Crippen molar-refractivity contribution >= 4 is 5.91 Å². The standard InChI is InChI=1S/C24H36N2O/c1-3-26(23(27)22-17-24(22)12-6-13-24)18-20-9-14-25(15-10-20)16-11-21-8-5-4-7-19(21)2/h4-5,7-8,20,22H,3,6,9-18H2,1-2H3. The van der Waals surface area contributed by atoms with Gasteiger partial charge in [-0.05, 0) is 87.9 Å². The topological polar surface area (TPSA) is 23.6 Å². The van der Waals surface area contributed by atoms with E-state index in [4.69, 9.17) is 0 Å². The van der Waals surface area contributed by atoms with Gasteiger partial charge in [-0.2, -0.15) is 0 Å². The monoisotopic (exact) mass is 368 g/mol. The fourth-order valence-corrected chi connectivity index (χ4v) is 5.35. The van der Waals surface area contributed by atoms with Gasteiger partial charge in [0.1, 0.15) is 0 Å². The number of hydrogen-bond donors (Lipinski definition) is 0. The van der Waals surface area contributed by atoms with Crippen LogP contribution < -0.4 is 0 Å². The predicted octanol–water partition coefficient (Wildman–Crippen LogP) is 4.29. The summed E-state index contributed by atoms with van der Waals surface area (Å²) in [6.45, 7) is 9.80. The van der Waals surface area contributed by atoms with Crippen LogP contribution in [0.1, 0.15) is 56.6 Å². The summed E-state index contributed by atoms with van der Waals surface area (Å²) in [5.41, 5.74) is 3.36. The van der Waals surface area contributed by atoms with Crippen LogP contribution in [0.25, 0.3) is 0 Å². The van der Waals surface area contributed by atoms with E-state index in [-0.39, 0.29) is 0 Å². The molecule has 2 saturated carbocycles. The number of benzene rings is 1. The average Bonchev–Trinajstić information content (AvgIpc) is 3.43. The third-order valence-corrected chi connectivity index (χ3v) is 7.67. The van der Waals surface area contributed by atoms with Crippen molar-refractivity contribution in [2.24, 2.45) is 17.3 Å². The van der Waals surface area contributed by atoms with Crippen LogP contribution in [0.3, 0.4) is 0 Å². The minimum Gasteiger partial charge on any atom is -0.342 e. The molecule has 0 bridgehead atoms. The first-order valence-corrected chi connectivity index (χ1v) is 11.2. The van der Waals surface area contributed by atoms with Crippen LogP contribution >= 0.6 is 0 Å². The highest BCUT2D eigenvalue weighted by Crippen LogP contribution is 2.65. The third-order valence-electron chi connectivity index (χ3n) is 7.67. The SMILES string of the molecule is CCN(CC1CCN(CCc2ccccc2C)CC1)C(=O)C1CC12CCC2. The Morgan fingerprint density at radius 1 is 1.22 bits per heavy atom. The average molecular weight is 369 g/mol. The Morgan fingerprint density at radius 2 is 1.96 bits per heavy atom. The highest BCUT2D eigenvalue weighted by Gasteiger charge is 2.61. The van der Waals surface area contributed by atoms with Crippen molar-refractivity contribution in [3.8, 4) is 0 Å². The molecular weight excluding hydrogens is 332 g/mol. The highest BCUT2D eigenvalue weighted by molar-refractivity contribution is 5.83. The lowest BCUT2D eigenvalue weighted by molar-refractivity contribution is -0.134. The van der Waals surface area contributed by atoms with Gasteiger partial charge in [-0.1, -0.05) is 30.7 Å². The van der Waals surface area contributed by atoms with Crippen LogP contribution in [-0.4, -0.2) is 48.4 Å². The number of piperidine rings is 1.